The molecule has 38 valence electrons. The van der Waals surface area contributed by atoms with Crippen molar-refractivity contribution in [2.24, 2.45) is 0 Å². The largest absolute Gasteiger partial charge is 0.183 e. The zero-order valence-corrected chi connectivity index (χ0v) is 8.71. The second-order valence-electron chi connectivity index (χ2n) is 0. The van der Waals surface area contributed by atoms with E-state index in [1.807, 2.05) is 0 Å². The lowest BCUT2D eigenvalue weighted by Crippen LogP contribution is -0.865. The van der Waals surface area contributed by atoms with Gasteiger partial charge in [0.15, 0.2) is 0 Å². The lowest BCUT2D eigenvalue weighted by molar-refractivity contribution is 2.55. The highest BCUT2D eigenvalue weighted by Gasteiger charge is 0.901. The molecule has 0 aliphatic heterocycles. The van der Waals surface area contributed by atoms with Crippen molar-refractivity contribution in [1.82, 2.24) is 0 Å². The second kappa shape index (κ2) is 41.5. The monoisotopic (exact) mass is 288 g/mol. The fourth-order valence-corrected chi connectivity index (χ4v) is 0. The molecule has 0 aromatic rings. The van der Waals surface area contributed by atoms with Gasteiger partial charge in [0.25, 0.3) is 0 Å². The summed E-state index contributed by atoms with van der Waals surface area (Å²) in [6, 6.07) is 0. The molecule has 0 bridgehead atoms. The van der Waals surface area contributed by atoms with Gasteiger partial charge in [0.2, 0.25) is 0 Å². The summed E-state index contributed by atoms with van der Waals surface area (Å²) < 4.78 is 0. The van der Waals surface area contributed by atoms with E-state index < -0.39 is 0 Å². The first-order chi connectivity index (χ1) is 1.00. The van der Waals surface area contributed by atoms with E-state index in [2.05, 4.69) is 12.6 Å². The lowest BCUT2D eigenvalue weighted by atomic mass is 12.0. The van der Waals surface area contributed by atoms with Gasteiger partial charge in [-0.25, -0.2) is 0 Å². The number of halogens is 3. The zero-order chi connectivity index (χ0) is 2.00. The molecule has 0 N–H and O–H groups in total. The van der Waals surface area contributed by atoms with Gasteiger partial charge in [-0.05, 0) is 6.26 Å². The van der Waals surface area contributed by atoms with Crippen LogP contribution in [0.5, 0.6) is 0 Å². The van der Waals surface area contributed by atoms with Crippen LogP contribution in [0.2, 0.25) is 0 Å². The maximum Gasteiger partial charge on any atom is -0.0215 e. The molecule has 0 aromatic carbocycles. The molecule has 0 saturated carbocycles. The van der Waals surface area contributed by atoms with E-state index in [4.69, 9.17) is 0 Å². The van der Waals surface area contributed by atoms with Gasteiger partial charge in [-0.3, -0.25) is 0 Å². The average molecular weight is 291 g/mol. The summed E-state index contributed by atoms with van der Waals surface area (Å²) in [5, 5.41) is 0. The van der Waals surface area contributed by atoms with E-state index in [1.165, 1.54) is 0 Å². The maximum absolute atomic E-state index is 3.53. The molecule has 0 heterocycles. The van der Waals surface area contributed by atoms with E-state index in [0.717, 1.165) is 0 Å². The number of hydrogen-bond acceptors (Lipinski definition) is 1. The Hall–Kier alpha value is 1.79. The van der Waals surface area contributed by atoms with E-state index in [0.29, 0.717) is 0 Å². The molecule has 0 amide bonds. The average Bonchev–Trinajstić information content (AvgIpc) is 1.00. The molecule has 0 unspecified atom stereocenters. The summed E-state index contributed by atoms with van der Waals surface area (Å²) in [5.41, 5.74) is 0. The number of rotatable bonds is 0. The van der Waals surface area contributed by atoms with Crippen LogP contribution in [0.3, 0.4) is 0 Å². The van der Waals surface area contributed by atoms with Gasteiger partial charge >= 0.3 is 0 Å². The molecule has 0 saturated heterocycles. The fourth-order valence-electron chi connectivity index (χ4n) is 0. The van der Waals surface area contributed by atoms with Crippen molar-refractivity contribution in [2.45, 2.75) is 0 Å². The minimum absolute atomic E-state index is 0. The summed E-state index contributed by atoms with van der Waals surface area (Å²) in [7, 11) is 0. The normalized spacial score (nSPS) is 1.20. The molecule has 0 aliphatic carbocycles. The standard InChI is InChI=1S/CH4S.3BrH/c1-2;;;/h2H,1H3;3*1H. The molecule has 0 aromatic heterocycles. The molecular weight excluding hydrogens is 284 g/mol. The third-order valence-electron chi connectivity index (χ3n) is 0. The van der Waals surface area contributed by atoms with Crippen molar-refractivity contribution in [3.05, 3.63) is 0 Å². The minimum atomic E-state index is 0. The van der Waals surface area contributed by atoms with Crippen molar-refractivity contribution in [3.63, 3.8) is 0 Å². The summed E-state index contributed by atoms with van der Waals surface area (Å²) in [4.78, 5) is 0. The van der Waals surface area contributed by atoms with Crippen LogP contribution in [-0.2, 0) is 0 Å². The minimum Gasteiger partial charge on any atom is -0.183 e. The van der Waals surface area contributed by atoms with Gasteiger partial charge in [0.1, 0.15) is 0 Å². The van der Waals surface area contributed by atoms with Crippen molar-refractivity contribution < 1.29 is 0 Å². The van der Waals surface area contributed by atoms with Crippen molar-refractivity contribution in [2.75, 3.05) is 6.26 Å². The molecular formula is CH7Br3S. The Labute approximate surface area is 69.4 Å². The quantitative estimate of drug-likeness (QED) is 0.650. The first kappa shape index (κ1) is 29.2. The molecule has 0 spiro atoms. The van der Waals surface area contributed by atoms with Gasteiger partial charge in [-0.1, -0.05) is 0 Å². The van der Waals surface area contributed by atoms with Crippen LogP contribution in [0.25, 0.3) is 0 Å². The van der Waals surface area contributed by atoms with Gasteiger partial charge in [-0.2, -0.15) is 12.6 Å². The Balaban J connectivity index is -0.00000000167. The van der Waals surface area contributed by atoms with E-state index >= 15 is 0 Å². The third kappa shape index (κ3) is 26.0. The van der Waals surface area contributed by atoms with Crippen LogP contribution < -0.4 is 0 Å². The molecule has 0 atom stereocenters. The molecule has 0 aliphatic rings. The summed E-state index contributed by atoms with van der Waals surface area (Å²) in [6.07, 6.45) is 1.69. The topological polar surface area (TPSA) is 0 Å². The van der Waals surface area contributed by atoms with Crippen LogP contribution in [0.15, 0.2) is 0 Å². The van der Waals surface area contributed by atoms with Crippen LogP contribution in [0, 0.1) is 0 Å². The number of hydrogen-bond donors (Lipinski definition) is 1. The van der Waals surface area contributed by atoms with Crippen molar-refractivity contribution in [3.8, 4) is 0 Å². The van der Waals surface area contributed by atoms with Crippen LogP contribution in [-0.4, -0.2) is 6.26 Å². The molecule has 0 nitrogen and oxygen atoms in total. The van der Waals surface area contributed by atoms with E-state index in [9.17, 15) is 0 Å². The van der Waals surface area contributed by atoms with Gasteiger partial charge < -0.3 is 0 Å². The fraction of sp³-hybridized carbons (Fsp3) is 1.00. The maximum atomic E-state index is 3.53. The Morgan fingerprint density at radius 2 is 0.800 bits per heavy atom. The van der Waals surface area contributed by atoms with Gasteiger partial charge in [0, 0.05) is 0 Å². The van der Waals surface area contributed by atoms with Crippen LogP contribution >= 0.6 is 63.6 Å². The summed E-state index contributed by atoms with van der Waals surface area (Å²) >= 11 is 3.53. The first-order valence-electron chi connectivity index (χ1n) is 0.447. The Morgan fingerprint density at radius 3 is 0.800 bits per heavy atom. The van der Waals surface area contributed by atoms with E-state index in [1.54, 1.807) is 6.26 Å². The Bertz CT molecular complexity index is 6.85. The highest BCUT2D eigenvalue weighted by molar-refractivity contribution is 8.93. The van der Waals surface area contributed by atoms with Crippen molar-refractivity contribution >= 4 is 63.6 Å². The summed E-state index contributed by atoms with van der Waals surface area (Å²) in [5.74, 6) is 0. The van der Waals surface area contributed by atoms with Crippen LogP contribution in [0.4, 0.5) is 0 Å². The lowest BCUT2D eigenvalue weighted by Gasteiger charge is -1.11. The third-order valence-corrected chi connectivity index (χ3v) is 0. The molecule has 0 radical (unpaired) electrons. The molecule has 5 heavy (non-hydrogen) atoms. The SMILES string of the molecule is Br.Br.Br.CS. The van der Waals surface area contributed by atoms with Gasteiger partial charge in [-0.15, -0.1) is 50.9 Å². The van der Waals surface area contributed by atoms with Gasteiger partial charge in [0.05, 0.1) is 0 Å². The first-order valence-corrected chi connectivity index (χ1v) is 1.34. The molecule has 4 heteroatoms. The highest BCUT2D eigenvalue weighted by Crippen LogP contribution is 1.31. The second-order valence-corrected chi connectivity index (χ2v) is 0. The van der Waals surface area contributed by atoms with E-state index in [-0.39, 0.29) is 50.9 Å². The predicted octanol–water partition coefficient (Wildman–Crippen LogP) is 2.28. The van der Waals surface area contributed by atoms with Crippen LogP contribution in [0.1, 0.15) is 0 Å². The number of thiol groups is 1. The summed E-state index contributed by atoms with van der Waals surface area (Å²) in [6.45, 7) is 0. The Morgan fingerprint density at radius 1 is 0.800 bits per heavy atom. The molecule has 0 rings (SSSR count). The zero-order valence-electron chi connectivity index (χ0n) is 2.67. The molecule has 0 fully saturated rings. The smallest absolute Gasteiger partial charge is 0.0215 e. The Kier molecular flexibility index (Phi) is 242. The van der Waals surface area contributed by atoms with Crippen molar-refractivity contribution in [1.29, 1.82) is 0 Å². The highest BCUT2D eigenvalue weighted by atomic mass is 79.9. The predicted molar refractivity (Wildman–Crippen MR) is 45.9 cm³/mol.